The van der Waals surface area contributed by atoms with E-state index in [2.05, 4.69) is 51.7 Å². The van der Waals surface area contributed by atoms with Crippen LogP contribution in [0.25, 0.3) is 0 Å². The second-order valence-corrected chi connectivity index (χ2v) is 14.8. The van der Waals surface area contributed by atoms with Crippen LogP contribution in [0.15, 0.2) is 84.9 Å². The molecule has 0 spiro atoms. The molecule has 4 aromatic rings. The van der Waals surface area contributed by atoms with E-state index < -0.39 is 12.0 Å². The molecule has 1 N–H and O–H groups in total. The fraction of sp³-hybridized carbons (Fsp3) is 0.476. The van der Waals surface area contributed by atoms with Crippen molar-refractivity contribution in [3.63, 3.8) is 0 Å². The lowest BCUT2D eigenvalue weighted by Gasteiger charge is -2.35. The molecule has 2 fully saturated rings. The number of halogens is 4. The summed E-state index contributed by atoms with van der Waals surface area (Å²) in [7, 11) is 1.96. The van der Waals surface area contributed by atoms with Gasteiger partial charge in [-0.2, -0.15) is 5.10 Å². The Labute approximate surface area is 333 Å². The summed E-state index contributed by atoms with van der Waals surface area (Å²) < 4.78 is 22.6. The van der Waals surface area contributed by atoms with Crippen molar-refractivity contribution < 1.29 is 19.0 Å². The number of ether oxygens (including phenoxy) is 1. The van der Waals surface area contributed by atoms with Gasteiger partial charge in [-0.05, 0) is 118 Å². The van der Waals surface area contributed by atoms with Crippen LogP contribution in [-0.4, -0.2) is 69.4 Å². The molecule has 3 unspecified atom stereocenters. The number of nitrogens with zero attached hydrogens (tertiary/aromatic N) is 4. The van der Waals surface area contributed by atoms with Crippen LogP contribution in [0.2, 0.25) is 0 Å². The van der Waals surface area contributed by atoms with Gasteiger partial charge in [0.15, 0.2) is 0 Å². The first-order valence-electron chi connectivity index (χ1n) is 18.4. The average molecular weight is 790 g/mol. The fourth-order valence-corrected chi connectivity index (χ4v) is 8.48. The number of benzene rings is 3. The summed E-state index contributed by atoms with van der Waals surface area (Å²) in [4.78, 5) is 16.8. The van der Waals surface area contributed by atoms with Gasteiger partial charge in [0.1, 0.15) is 24.2 Å². The standard InChI is InChI=1S/C42H53FN4O3.3ClH/c1-5-47-40(25-36(44-47)22-30-14-16-38(17-15-30)50-28-31-10-7-6-8-11-31)32-18-20-46(21-19-32)27-34-24-37(45(4)41(29(2)3)42(48)49)26-39(34)33-12-9-13-35(43)23-33;;;/h6-17,23,25,29,32,34,37,39,41H,5,18-22,24,26-28H2,1-4H3,(H,48,49);3*1H/t34?,37?,39?,41-;;;/m1.../s1. The van der Waals surface area contributed by atoms with E-state index in [1.165, 1.54) is 17.3 Å². The minimum absolute atomic E-state index is 0. The van der Waals surface area contributed by atoms with Crippen LogP contribution in [0.3, 0.4) is 0 Å². The van der Waals surface area contributed by atoms with Gasteiger partial charge in [-0.1, -0.05) is 68.4 Å². The molecule has 1 aliphatic heterocycles. The Kier molecular flexibility index (Phi) is 17.1. The number of hydrogen-bond acceptors (Lipinski definition) is 5. The zero-order valence-electron chi connectivity index (χ0n) is 31.3. The highest BCUT2D eigenvalue weighted by Gasteiger charge is 2.42. The molecule has 2 heterocycles. The molecule has 3 aromatic carbocycles. The van der Waals surface area contributed by atoms with Crippen LogP contribution in [-0.2, 0) is 24.4 Å². The highest BCUT2D eigenvalue weighted by Crippen LogP contribution is 2.43. The quantitative estimate of drug-likeness (QED) is 0.137. The number of carboxylic acids is 1. The Bertz CT molecular complexity index is 1700. The minimum Gasteiger partial charge on any atom is -0.489 e. The van der Waals surface area contributed by atoms with E-state index in [0.717, 1.165) is 80.9 Å². The Balaban J connectivity index is 0.00000252. The van der Waals surface area contributed by atoms with E-state index in [1.54, 1.807) is 12.1 Å². The van der Waals surface area contributed by atoms with Gasteiger partial charge in [-0.3, -0.25) is 14.4 Å². The van der Waals surface area contributed by atoms with Crippen molar-refractivity contribution in [2.75, 3.05) is 26.7 Å². The van der Waals surface area contributed by atoms with Crippen molar-refractivity contribution in [1.82, 2.24) is 19.6 Å². The van der Waals surface area contributed by atoms with Crippen LogP contribution in [0, 0.1) is 17.7 Å². The first-order valence-corrected chi connectivity index (χ1v) is 18.4. The first-order chi connectivity index (χ1) is 24.2. The summed E-state index contributed by atoms with van der Waals surface area (Å²) in [6.07, 6.45) is 4.71. The fourth-order valence-electron chi connectivity index (χ4n) is 8.48. The van der Waals surface area contributed by atoms with Crippen molar-refractivity contribution in [2.45, 2.75) is 89.9 Å². The lowest BCUT2D eigenvalue weighted by Crippen LogP contribution is -2.47. The normalized spacial score (nSPS) is 19.6. The molecule has 0 bridgehead atoms. The molecule has 1 aliphatic carbocycles. The van der Waals surface area contributed by atoms with Crippen molar-refractivity contribution in [3.8, 4) is 5.75 Å². The van der Waals surface area contributed by atoms with Crippen molar-refractivity contribution >= 4 is 43.2 Å². The third-order valence-electron chi connectivity index (χ3n) is 11.1. The Morgan fingerprint density at radius 1 is 0.943 bits per heavy atom. The second-order valence-electron chi connectivity index (χ2n) is 14.8. The molecule has 0 amide bonds. The highest BCUT2D eigenvalue weighted by atomic mass is 35.5. The number of likely N-dealkylation sites (N-methyl/N-ethyl adjacent to an activating group) is 1. The van der Waals surface area contributed by atoms with Crippen molar-refractivity contribution in [1.29, 1.82) is 0 Å². The van der Waals surface area contributed by atoms with E-state index >= 15 is 0 Å². The monoisotopic (exact) mass is 788 g/mol. The third-order valence-corrected chi connectivity index (χ3v) is 11.1. The topological polar surface area (TPSA) is 70.8 Å². The number of aromatic nitrogens is 2. The second kappa shape index (κ2) is 20.5. The third kappa shape index (κ3) is 11.2. The van der Waals surface area contributed by atoms with Gasteiger partial charge in [-0.15, -0.1) is 37.2 Å². The largest absolute Gasteiger partial charge is 0.489 e. The highest BCUT2D eigenvalue weighted by molar-refractivity contribution is 5.86. The molecule has 2 aliphatic rings. The summed E-state index contributed by atoms with van der Waals surface area (Å²) in [5.74, 6) is 0.895. The van der Waals surface area contributed by atoms with Crippen molar-refractivity contribution in [3.05, 3.63) is 119 Å². The maximum Gasteiger partial charge on any atom is 0.321 e. The maximum absolute atomic E-state index is 14.4. The minimum atomic E-state index is -0.771. The van der Waals surface area contributed by atoms with Crippen molar-refractivity contribution in [2.24, 2.45) is 11.8 Å². The molecular weight excluding hydrogens is 734 g/mol. The van der Waals surface area contributed by atoms with Gasteiger partial charge in [0.05, 0.1) is 5.69 Å². The van der Waals surface area contributed by atoms with Gasteiger partial charge in [0, 0.05) is 37.2 Å². The lowest BCUT2D eigenvalue weighted by molar-refractivity contribution is -0.145. The molecule has 53 heavy (non-hydrogen) atoms. The number of aliphatic carboxylic acids is 1. The summed E-state index contributed by atoms with van der Waals surface area (Å²) in [5.41, 5.74) is 5.84. The number of piperidine rings is 1. The zero-order chi connectivity index (χ0) is 35.2. The molecule has 7 nitrogen and oxygen atoms in total. The molecule has 290 valence electrons. The van der Waals surface area contributed by atoms with Crippen LogP contribution in [0.4, 0.5) is 4.39 Å². The van der Waals surface area contributed by atoms with E-state index in [4.69, 9.17) is 9.84 Å². The first kappa shape index (κ1) is 44.3. The summed E-state index contributed by atoms with van der Waals surface area (Å²) >= 11 is 0. The molecule has 4 atom stereocenters. The van der Waals surface area contributed by atoms with E-state index in [1.807, 2.05) is 57.3 Å². The number of likely N-dealkylation sites (tertiary alicyclic amines) is 1. The predicted octanol–water partition coefficient (Wildman–Crippen LogP) is 9.26. The summed E-state index contributed by atoms with van der Waals surface area (Å²) in [6, 6.07) is 27.5. The number of hydrogen-bond donors (Lipinski definition) is 1. The zero-order valence-corrected chi connectivity index (χ0v) is 33.7. The Morgan fingerprint density at radius 2 is 1.64 bits per heavy atom. The summed E-state index contributed by atoms with van der Waals surface area (Å²) in [6.45, 7) is 10.5. The Morgan fingerprint density at radius 3 is 2.26 bits per heavy atom. The van der Waals surface area contributed by atoms with Crippen LogP contribution in [0.1, 0.15) is 86.4 Å². The van der Waals surface area contributed by atoms with Gasteiger partial charge in [0.25, 0.3) is 0 Å². The van der Waals surface area contributed by atoms with Gasteiger partial charge in [0.2, 0.25) is 0 Å². The lowest BCUT2D eigenvalue weighted by atomic mass is 9.87. The molecule has 1 aromatic heterocycles. The van der Waals surface area contributed by atoms with Crippen LogP contribution < -0.4 is 4.74 Å². The van der Waals surface area contributed by atoms with E-state index in [9.17, 15) is 14.3 Å². The smallest absolute Gasteiger partial charge is 0.321 e. The molecule has 0 radical (unpaired) electrons. The predicted molar refractivity (Wildman–Crippen MR) is 218 cm³/mol. The number of rotatable bonds is 14. The van der Waals surface area contributed by atoms with Crippen LogP contribution >= 0.6 is 37.2 Å². The number of aryl methyl sites for hydroxylation is 1. The number of carboxylic acid groups (broad SMARTS) is 1. The molecule has 6 rings (SSSR count). The Hall–Kier alpha value is -3.14. The molecule has 1 saturated carbocycles. The average Bonchev–Trinajstić information content (AvgIpc) is 3.73. The SMILES string of the molecule is CCn1nc(Cc2ccc(OCc3ccccc3)cc2)cc1C1CCN(CC2CC(N(C)[C@@H](C(=O)O)C(C)C)CC2c2cccc(F)c2)CC1.Cl.Cl.Cl. The van der Waals surface area contributed by atoms with E-state index in [0.29, 0.717) is 18.4 Å². The van der Waals surface area contributed by atoms with Gasteiger partial charge >= 0.3 is 5.97 Å². The molecular formula is C42H56Cl3FN4O3. The maximum atomic E-state index is 14.4. The molecule has 11 heteroatoms. The number of carbonyl (C=O) groups is 1. The molecule has 1 saturated heterocycles. The van der Waals surface area contributed by atoms with E-state index in [-0.39, 0.29) is 60.9 Å². The van der Waals surface area contributed by atoms with Gasteiger partial charge < -0.3 is 14.7 Å². The van der Waals surface area contributed by atoms with Crippen LogP contribution in [0.5, 0.6) is 5.75 Å². The summed E-state index contributed by atoms with van der Waals surface area (Å²) in [5, 5.41) is 15.0. The van der Waals surface area contributed by atoms with Gasteiger partial charge in [-0.25, -0.2) is 4.39 Å².